The first-order chi connectivity index (χ1) is 27.9. The molecule has 0 aromatic heterocycles. The van der Waals surface area contributed by atoms with E-state index in [1.54, 1.807) is 0 Å². The van der Waals surface area contributed by atoms with Crippen molar-refractivity contribution in [1.82, 2.24) is 0 Å². The third-order valence-corrected chi connectivity index (χ3v) is 14.1. The van der Waals surface area contributed by atoms with Crippen LogP contribution in [0, 0.1) is 41.5 Å². The maximum absolute atomic E-state index is 2.54. The molecule has 0 aliphatic heterocycles. The van der Waals surface area contributed by atoms with Crippen molar-refractivity contribution >= 4 is 86.2 Å². The monoisotopic (exact) mass is 746 g/mol. The van der Waals surface area contributed by atoms with Crippen LogP contribution >= 0.6 is 0 Å². The summed E-state index contributed by atoms with van der Waals surface area (Å²) in [6.07, 6.45) is 0. The summed E-state index contributed by atoms with van der Waals surface area (Å²) in [6, 6.07) is 43.8. The second-order valence-corrected chi connectivity index (χ2v) is 18.4. The smallest absolute Gasteiger partial charge is 0.00197 e. The van der Waals surface area contributed by atoms with E-state index in [9.17, 15) is 0 Å². The van der Waals surface area contributed by atoms with Gasteiger partial charge in [0.15, 0.2) is 0 Å². The standard InChI is InChI=1S/C58H50/c1-29(2)39-23-51-43-15-16-44-50(49(43)27-55-41-13-11-37(21-47(41)53(25-39)57(51)55)45-19-33(7)31(5)17-35(45)9)28-56-42-14-12-38(46-20-34(8)32(6)18-36(46)10)22-48(42)54-26-40(30(3)4)24-52(44)58(54)56/h11-30H,1-10H3. The Morgan fingerprint density at radius 1 is 0.259 bits per heavy atom. The maximum atomic E-state index is 2.54. The fourth-order valence-corrected chi connectivity index (χ4v) is 10.6. The third kappa shape index (κ3) is 4.88. The second-order valence-electron chi connectivity index (χ2n) is 18.4. The lowest BCUT2D eigenvalue weighted by Crippen LogP contribution is -1.90. The highest BCUT2D eigenvalue weighted by molar-refractivity contribution is 6.40. The SMILES string of the molecule is Cc1cc(C)c(-c2ccc3c(c2)c2cc(C(C)C)cc4c5ccc6c(cc7c8ccc(-c9cc(C)c(C)cc9C)cc8c8cc(C(C)C)cc6c87)c5cc3c42)cc1C. The molecule has 58 heavy (non-hydrogen) atoms. The second kappa shape index (κ2) is 12.3. The van der Waals surface area contributed by atoms with Crippen LogP contribution in [0.3, 0.4) is 0 Å². The molecule has 0 fully saturated rings. The average Bonchev–Trinajstić information content (AvgIpc) is 3.69. The summed E-state index contributed by atoms with van der Waals surface area (Å²) < 4.78 is 0. The number of fused-ring (bicyclic) bond motifs is 11. The van der Waals surface area contributed by atoms with Crippen molar-refractivity contribution in [3.63, 3.8) is 0 Å². The van der Waals surface area contributed by atoms with Crippen molar-refractivity contribution < 1.29 is 0 Å². The van der Waals surface area contributed by atoms with Crippen LogP contribution in [0.1, 0.15) is 84.0 Å². The van der Waals surface area contributed by atoms with Crippen LogP contribution in [0.4, 0.5) is 0 Å². The summed E-state index contributed by atoms with van der Waals surface area (Å²) in [4.78, 5) is 0. The van der Waals surface area contributed by atoms with E-state index in [1.165, 1.54) is 153 Å². The quantitative estimate of drug-likeness (QED) is 0.157. The molecule has 0 unspecified atom stereocenters. The van der Waals surface area contributed by atoms with E-state index in [0.29, 0.717) is 11.8 Å². The Labute approximate surface area is 341 Å². The molecule has 0 nitrogen and oxygen atoms in total. The fourth-order valence-electron chi connectivity index (χ4n) is 10.6. The summed E-state index contributed by atoms with van der Waals surface area (Å²) in [5.41, 5.74) is 16.1. The summed E-state index contributed by atoms with van der Waals surface area (Å²) >= 11 is 0. The first-order valence-corrected chi connectivity index (χ1v) is 21.3. The molecule has 0 radical (unpaired) electrons. The van der Waals surface area contributed by atoms with Crippen molar-refractivity contribution in [1.29, 1.82) is 0 Å². The van der Waals surface area contributed by atoms with E-state index < -0.39 is 0 Å². The zero-order chi connectivity index (χ0) is 40.0. The average molecular weight is 747 g/mol. The molecule has 0 amide bonds. The van der Waals surface area contributed by atoms with Gasteiger partial charge in [0.2, 0.25) is 0 Å². The normalized spacial score (nSPS) is 12.6. The Kier molecular flexibility index (Phi) is 7.44. The van der Waals surface area contributed by atoms with Crippen molar-refractivity contribution in [2.24, 2.45) is 0 Å². The van der Waals surface area contributed by atoms with Gasteiger partial charge in [-0.25, -0.2) is 0 Å². The van der Waals surface area contributed by atoms with Crippen LogP contribution in [0.15, 0.2) is 109 Å². The van der Waals surface area contributed by atoms with Gasteiger partial charge in [-0.1, -0.05) is 113 Å². The van der Waals surface area contributed by atoms with Gasteiger partial charge in [-0.2, -0.15) is 0 Å². The Morgan fingerprint density at radius 2 is 0.552 bits per heavy atom. The molecule has 0 N–H and O–H groups in total. The van der Waals surface area contributed by atoms with E-state index in [1.807, 2.05) is 0 Å². The number of aryl methyl sites for hydroxylation is 6. The van der Waals surface area contributed by atoms with Gasteiger partial charge < -0.3 is 0 Å². The highest BCUT2D eigenvalue weighted by Gasteiger charge is 2.22. The number of benzene rings is 9. The molecule has 0 aliphatic carbocycles. The number of rotatable bonds is 4. The Hall–Kier alpha value is -5.98. The van der Waals surface area contributed by atoms with Crippen molar-refractivity contribution in [2.45, 2.75) is 81.1 Å². The molecule has 11 aromatic rings. The van der Waals surface area contributed by atoms with E-state index in [2.05, 4.69) is 178 Å². The number of hydrogen-bond acceptors (Lipinski definition) is 0. The van der Waals surface area contributed by atoms with Crippen LogP contribution in [0.25, 0.3) is 108 Å². The lowest BCUT2D eigenvalue weighted by molar-refractivity contribution is 0.870. The van der Waals surface area contributed by atoms with Crippen molar-refractivity contribution in [2.75, 3.05) is 0 Å². The largest absolute Gasteiger partial charge is 0.0587 e. The van der Waals surface area contributed by atoms with Gasteiger partial charge in [0.1, 0.15) is 0 Å². The molecular weight excluding hydrogens is 697 g/mol. The van der Waals surface area contributed by atoms with Gasteiger partial charge in [0.25, 0.3) is 0 Å². The summed E-state index contributed by atoms with van der Waals surface area (Å²) in [5, 5.41) is 21.8. The minimum atomic E-state index is 0.417. The summed E-state index contributed by atoms with van der Waals surface area (Å²) in [7, 11) is 0. The van der Waals surface area contributed by atoms with Gasteiger partial charge in [-0.15, -0.1) is 0 Å². The van der Waals surface area contributed by atoms with Gasteiger partial charge in [-0.05, 0) is 231 Å². The first-order valence-electron chi connectivity index (χ1n) is 21.3. The predicted octanol–water partition coefficient (Wildman–Crippen LogP) is 17.2. The topological polar surface area (TPSA) is 0 Å². The van der Waals surface area contributed by atoms with Crippen molar-refractivity contribution in [3.05, 3.63) is 154 Å². The van der Waals surface area contributed by atoms with E-state index in [0.717, 1.165) is 0 Å². The van der Waals surface area contributed by atoms with Gasteiger partial charge in [-0.3, -0.25) is 0 Å². The van der Waals surface area contributed by atoms with Crippen LogP contribution in [-0.4, -0.2) is 0 Å². The molecule has 0 spiro atoms. The van der Waals surface area contributed by atoms with Gasteiger partial charge >= 0.3 is 0 Å². The molecule has 0 atom stereocenters. The third-order valence-electron chi connectivity index (χ3n) is 14.1. The zero-order valence-electron chi connectivity index (χ0n) is 35.5. The molecule has 0 heterocycles. The minimum Gasteiger partial charge on any atom is -0.0587 e. The highest BCUT2D eigenvalue weighted by atomic mass is 14.3. The van der Waals surface area contributed by atoms with Crippen LogP contribution in [0.5, 0.6) is 0 Å². The molecule has 0 saturated heterocycles. The Bertz CT molecular complexity index is 3310. The Morgan fingerprint density at radius 3 is 0.914 bits per heavy atom. The van der Waals surface area contributed by atoms with Crippen molar-refractivity contribution in [3.8, 4) is 22.3 Å². The fraction of sp³-hybridized carbons (Fsp3) is 0.207. The van der Waals surface area contributed by atoms with E-state index in [4.69, 9.17) is 0 Å². The van der Waals surface area contributed by atoms with Crippen LogP contribution in [-0.2, 0) is 0 Å². The lowest BCUT2D eigenvalue weighted by Gasteiger charge is -2.15. The molecule has 282 valence electrons. The van der Waals surface area contributed by atoms with Crippen LogP contribution < -0.4 is 0 Å². The zero-order valence-corrected chi connectivity index (χ0v) is 35.5. The molecule has 0 bridgehead atoms. The predicted molar refractivity (Wildman–Crippen MR) is 256 cm³/mol. The van der Waals surface area contributed by atoms with Gasteiger partial charge in [0, 0.05) is 0 Å². The minimum absolute atomic E-state index is 0.417. The molecule has 11 rings (SSSR count). The maximum Gasteiger partial charge on any atom is -0.00197 e. The number of hydrogen-bond donors (Lipinski definition) is 0. The first kappa shape index (κ1) is 35.2. The van der Waals surface area contributed by atoms with E-state index >= 15 is 0 Å². The highest BCUT2D eigenvalue weighted by Crippen LogP contribution is 2.49. The molecule has 11 aromatic carbocycles. The molecular formula is C58H50. The molecule has 0 aliphatic rings. The van der Waals surface area contributed by atoms with Gasteiger partial charge in [0.05, 0.1) is 0 Å². The van der Waals surface area contributed by atoms with Crippen LogP contribution in [0.2, 0.25) is 0 Å². The summed E-state index contributed by atoms with van der Waals surface area (Å²) in [5.74, 6) is 0.834. The van der Waals surface area contributed by atoms with E-state index in [-0.39, 0.29) is 0 Å². The molecule has 0 heteroatoms. The Balaban J connectivity index is 1.25. The molecule has 0 saturated carbocycles. The lowest BCUT2D eigenvalue weighted by atomic mass is 9.89. The summed E-state index contributed by atoms with van der Waals surface area (Å²) in [6.45, 7) is 22.7.